The molecule has 0 aliphatic heterocycles. The smallest absolute Gasteiger partial charge is 0.185 e. The zero-order valence-corrected chi connectivity index (χ0v) is 13.4. The first-order valence-electron chi connectivity index (χ1n) is 7.70. The monoisotopic (exact) mass is 281 g/mol. The second kappa shape index (κ2) is 7.25. The van der Waals surface area contributed by atoms with Crippen LogP contribution in [0.1, 0.15) is 62.6 Å². The summed E-state index contributed by atoms with van der Waals surface area (Å²) < 4.78 is 0. The Morgan fingerprint density at radius 3 is 2.95 bits per heavy atom. The van der Waals surface area contributed by atoms with Crippen molar-refractivity contribution >= 4 is 16.5 Å². The van der Waals surface area contributed by atoms with E-state index in [2.05, 4.69) is 31.1 Å². The summed E-state index contributed by atoms with van der Waals surface area (Å²) in [6.07, 6.45) is 7.41. The van der Waals surface area contributed by atoms with Crippen molar-refractivity contribution in [2.75, 3.05) is 25.0 Å². The van der Waals surface area contributed by atoms with Crippen LogP contribution < -0.4 is 10.2 Å². The van der Waals surface area contributed by atoms with E-state index in [4.69, 9.17) is 4.98 Å². The number of hydrogen-bond donors (Lipinski definition) is 1. The minimum Gasteiger partial charge on any atom is -0.351 e. The third-order valence-electron chi connectivity index (χ3n) is 3.75. The largest absolute Gasteiger partial charge is 0.351 e. The van der Waals surface area contributed by atoms with Gasteiger partial charge in [0.25, 0.3) is 0 Å². The fourth-order valence-electron chi connectivity index (χ4n) is 2.57. The van der Waals surface area contributed by atoms with Crippen LogP contribution in [-0.4, -0.2) is 25.1 Å². The molecule has 1 atom stereocenters. The molecule has 1 unspecified atom stereocenters. The normalized spacial score (nSPS) is 18.4. The number of nitrogens with one attached hydrogen (secondary N) is 1. The lowest BCUT2D eigenvalue weighted by Crippen LogP contribution is -2.24. The lowest BCUT2D eigenvalue weighted by atomic mass is 9.98. The number of aromatic nitrogens is 1. The molecule has 108 valence electrons. The van der Waals surface area contributed by atoms with Crippen molar-refractivity contribution in [3.8, 4) is 0 Å². The zero-order chi connectivity index (χ0) is 13.7. The van der Waals surface area contributed by atoms with E-state index in [1.165, 1.54) is 47.8 Å². The number of anilines is 1. The van der Waals surface area contributed by atoms with Gasteiger partial charge in [0.1, 0.15) is 0 Å². The Morgan fingerprint density at radius 2 is 2.21 bits per heavy atom. The predicted octanol–water partition coefficient (Wildman–Crippen LogP) is 3.76. The Balaban J connectivity index is 2.07. The summed E-state index contributed by atoms with van der Waals surface area (Å²) in [5.74, 6) is 0. The second-order valence-electron chi connectivity index (χ2n) is 5.48. The van der Waals surface area contributed by atoms with Crippen LogP contribution in [0.25, 0.3) is 0 Å². The van der Waals surface area contributed by atoms with Gasteiger partial charge in [-0.15, -0.1) is 0 Å². The first kappa shape index (κ1) is 14.8. The molecule has 19 heavy (non-hydrogen) atoms. The molecular weight excluding hydrogens is 254 g/mol. The van der Waals surface area contributed by atoms with Crippen LogP contribution in [0.4, 0.5) is 5.13 Å². The van der Waals surface area contributed by atoms with Gasteiger partial charge >= 0.3 is 0 Å². The molecule has 1 aliphatic carbocycles. The summed E-state index contributed by atoms with van der Waals surface area (Å²) in [5, 5.41) is 4.89. The molecular formula is C15H27N3S. The van der Waals surface area contributed by atoms with Gasteiger partial charge in [0.05, 0.1) is 5.69 Å². The molecule has 0 bridgehead atoms. The molecule has 1 N–H and O–H groups in total. The van der Waals surface area contributed by atoms with Crippen LogP contribution in [0, 0.1) is 0 Å². The summed E-state index contributed by atoms with van der Waals surface area (Å²) in [7, 11) is 2.18. The Kier molecular flexibility index (Phi) is 5.64. The highest BCUT2D eigenvalue weighted by molar-refractivity contribution is 7.15. The van der Waals surface area contributed by atoms with Crippen LogP contribution in [0.5, 0.6) is 0 Å². The van der Waals surface area contributed by atoms with Crippen molar-refractivity contribution in [3.63, 3.8) is 0 Å². The van der Waals surface area contributed by atoms with Gasteiger partial charge in [-0.05, 0) is 38.6 Å². The fourth-order valence-corrected chi connectivity index (χ4v) is 3.78. The lowest BCUT2D eigenvalue weighted by molar-refractivity contribution is 0.464. The third-order valence-corrected chi connectivity index (χ3v) is 5.08. The minimum absolute atomic E-state index is 0.550. The highest BCUT2D eigenvalue weighted by atomic mass is 32.1. The number of aryl methyl sites for hydroxylation is 1. The molecule has 1 aromatic heterocycles. The van der Waals surface area contributed by atoms with Crippen molar-refractivity contribution in [1.82, 2.24) is 10.3 Å². The molecule has 0 radical (unpaired) electrons. The van der Waals surface area contributed by atoms with E-state index in [9.17, 15) is 0 Å². The molecule has 2 rings (SSSR count). The maximum Gasteiger partial charge on any atom is 0.185 e. The topological polar surface area (TPSA) is 28.2 Å². The quantitative estimate of drug-likeness (QED) is 0.825. The van der Waals surface area contributed by atoms with Crippen molar-refractivity contribution in [3.05, 3.63) is 10.6 Å². The molecule has 0 aromatic carbocycles. The van der Waals surface area contributed by atoms with E-state index in [0.717, 1.165) is 19.5 Å². The first-order chi connectivity index (χ1) is 9.26. The Hall–Kier alpha value is -0.610. The van der Waals surface area contributed by atoms with Gasteiger partial charge in [-0.25, -0.2) is 4.98 Å². The molecule has 0 spiro atoms. The number of fused-ring (bicyclic) bond motifs is 1. The lowest BCUT2D eigenvalue weighted by Gasteiger charge is -2.22. The fraction of sp³-hybridized carbons (Fsp3) is 0.800. The molecule has 1 aromatic rings. The highest BCUT2D eigenvalue weighted by Gasteiger charge is 2.24. The van der Waals surface area contributed by atoms with Gasteiger partial charge in [-0.1, -0.05) is 31.6 Å². The number of unbranched alkanes of at least 4 members (excludes halogenated alkanes) is 1. The van der Waals surface area contributed by atoms with E-state index >= 15 is 0 Å². The Bertz CT molecular complexity index is 389. The van der Waals surface area contributed by atoms with Crippen molar-refractivity contribution in [1.29, 1.82) is 0 Å². The van der Waals surface area contributed by atoms with Crippen LogP contribution >= 0.6 is 11.3 Å². The van der Waals surface area contributed by atoms with Gasteiger partial charge in [0, 0.05) is 24.5 Å². The first-order valence-corrected chi connectivity index (χ1v) is 8.52. The highest BCUT2D eigenvalue weighted by Crippen LogP contribution is 2.37. The van der Waals surface area contributed by atoms with Gasteiger partial charge < -0.3 is 10.2 Å². The SMILES string of the molecule is CCCCN(C)c1nc2c(s1)C(NCCC)CCC2. The van der Waals surface area contributed by atoms with Crippen LogP contribution in [0.2, 0.25) is 0 Å². The van der Waals surface area contributed by atoms with E-state index in [-0.39, 0.29) is 0 Å². The van der Waals surface area contributed by atoms with Gasteiger partial charge in [-0.3, -0.25) is 0 Å². The number of nitrogens with zero attached hydrogens (tertiary/aromatic N) is 2. The van der Waals surface area contributed by atoms with E-state index in [1.54, 1.807) is 0 Å². The standard InChI is InChI=1S/C15H27N3S/c1-4-6-11-18(3)15-17-13-9-7-8-12(14(13)19-15)16-10-5-2/h12,16H,4-11H2,1-3H3. The van der Waals surface area contributed by atoms with E-state index in [0.29, 0.717) is 6.04 Å². The van der Waals surface area contributed by atoms with Gasteiger partial charge in [0.2, 0.25) is 0 Å². The number of thiazole rings is 1. The molecule has 0 fully saturated rings. The zero-order valence-electron chi connectivity index (χ0n) is 12.5. The van der Waals surface area contributed by atoms with Crippen molar-refractivity contribution in [2.45, 2.75) is 58.4 Å². The summed E-state index contributed by atoms with van der Waals surface area (Å²) in [4.78, 5) is 8.69. The van der Waals surface area contributed by atoms with Crippen molar-refractivity contribution in [2.24, 2.45) is 0 Å². The summed E-state index contributed by atoms with van der Waals surface area (Å²) in [5.41, 5.74) is 1.35. The average molecular weight is 281 g/mol. The van der Waals surface area contributed by atoms with E-state index in [1.807, 2.05) is 11.3 Å². The summed E-state index contributed by atoms with van der Waals surface area (Å²) in [6.45, 7) is 6.71. The minimum atomic E-state index is 0.550. The second-order valence-corrected chi connectivity index (χ2v) is 6.49. The predicted molar refractivity (Wildman–Crippen MR) is 84.3 cm³/mol. The Labute approximate surface area is 121 Å². The number of rotatable bonds is 7. The molecule has 0 amide bonds. The summed E-state index contributed by atoms with van der Waals surface area (Å²) >= 11 is 1.90. The summed E-state index contributed by atoms with van der Waals surface area (Å²) in [6, 6.07) is 0.550. The average Bonchev–Trinajstić information content (AvgIpc) is 2.87. The third kappa shape index (κ3) is 3.69. The van der Waals surface area contributed by atoms with Gasteiger partial charge in [0.15, 0.2) is 5.13 Å². The molecule has 0 saturated carbocycles. The maximum atomic E-state index is 4.87. The number of hydrogen-bond acceptors (Lipinski definition) is 4. The molecule has 3 nitrogen and oxygen atoms in total. The van der Waals surface area contributed by atoms with Crippen molar-refractivity contribution < 1.29 is 0 Å². The molecule has 1 aliphatic rings. The Morgan fingerprint density at radius 1 is 1.37 bits per heavy atom. The molecule has 4 heteroatoms. The maximum absolute atomic E-state index is 4.87. The molecule has 0 saturated heterocycles. The van der Waals surface area contributed by atoms with Crippen LogP contribution in [-0.2, 0) is 6.42 Å². The van der Waals surface area contributed by atoms with E-state index < -0.39 is 0 Å². The van der Waals surface area contributed by atoms with Crippen LogP contribution in [0.3, 0.4) is 0 Å². The molecule has 1 heterocycles. The van der Waals surface area contributed by atoms with Crippen LogP contribution in [0.15, 0.2) is 0 Å². The van der Waals surface area contributed by atoms with Gasteiger partial charge in [-0.2, -0.15) is 0 Å².